The molecule has 0 heterocycles. The number of carbonyl (C=O) groups excluding carboxylic acids is 2. The molecule has 2 amide bonds. The number of hydrogen-bond donors (Lipinski definition) is 2. The van der Waals surface area contributed by atoms with Gasteiger partial charge in [0.05, 0.1) is 15.9 Å². The van der Waals surface area contributed by atoms with E-state index in [1.54, 1.807) is 13.8 Å². The number of nitro groups is 1. The zero-order valence-corrected chi connectivity index (χ0v) is 13.5. The summed E-state index contributed by atoms with van der Waals surface area (Å²) in [5.74, 6) is -0.691. The highest BCUT2D eigenvalue weighted by Gasteiger charge is 2.27. The minimum absolute atomic E-state index is 0.112. The maximum atomic E-state index is 12.1. The number of nitro benzene ring substituents is 1. The first kappa shape index (κ1) is 17.1. The Kier molecular flexibility index (Phi) is 5.42. The first-order valence-electron chi connectivity index (χ1n) is 6.13. The molecule has 8 heteroatoms. The number of halogens is 1. The van der Waals surface area contributed by atoms with Crippen LogP contribution in [-0.2, 0) is 4.79 Å². The predicted molar refractivity (Wildman–Crippen MR) is 81.0 cm³/mol. The van der Waals surface area contributed by atoms with E-state index in [9.17, 15) is 19.7 Å². The lowest BCUT2D eigenvalue weighted by atomic mass is 9.92. The molecule has 0 aliphatic carbocycles. The van der Waals surface area contributed by atoms with Crippen LogP contribution >= 0.6 is 15.9 Å². The molecule has 114 valence electrons. The lowest BCUT2D eigenvalue weighted by Crippen LogP contribution is -2.43. The quantitative estimate of drug-likeness (QED) is 0.620. The van der Waals surface area contributed by atoms with E-state index in [0.717, 1.165) is 0 Å². The van der Waals surface area contributed by atoms with Gasteiger partial charge in [-0.05, 0) is 35.8 Å². The van der Waals surface area contributed by atoms with Gasteiger partial charge in [0.25, 0.3) is 11.6 Å². The van der Waals surface area contributed by atoms with Crippen LogP contribution in [-0.4, -0.2) is 30.3 Å². The smallest absolute Gasteiger partial charge is 0.270 e. The number of non-ortho nitro benzene ring substituents is 1. The molecule has 0 bridgehead atoms. The van der Waals surface area contributed by atoms with Crippen LogP contribution in [0.3, 0.4) is 0 Å². The van der Waals surface area contributed by atoms with Gasteiger partial charge in [-0.3, -0.25) is 19.7 Å². The fourth-order valence-corrected chi connectivity index (χ4v) is 2.04. The topological polar surface area (TPSA) is 101 Å². The average Bonchev–Trinajstić information content (AvgIpc) is 2.44. The average molecular weight is 358 g/mol. The first-order valence-corrected chi connectivity index (χ1v) is 6.92. The Morgan fingerprint density at radius 3 is 2.52 bits per heavy atom. The van der Waals surface area contributed by atoms with Gasteiger partial charge in [0.1, 0.15) is 0 Å². The number of hydrogen-bond acceptors (Lipinski definition) is 4. The summed E-state index contributed by atoms with van der Waals surface area (Å²) in [5, 5.41) is 15.9. The van der Waals surface area contributed by atoms with Crippen molar-refractivity contribution in [2.75, 3.05) is 13.6 Å². The zero-order valence-electron chi connectivity index (χ0n) is 11.9. The summed E-state index contributed by atoms with van der Waals surface area (Å²) >= 11 is 3.18. The molecule has 0 aliphatic heterocycles. The van der Waals surface area contributed by atoms with Gasteiger partial charge in [0.2, 0.25) is 5.91 Å². The molecule has 1 aromatic rings. The number of nitrogens with zero attached hydrogens (tertiary/aromatic N) is 1. The molecule has 1 rings (SSSR count). The van der Waals surface area contributed by atoms with Gasteiger partial charge >= 0.3 is 0 Å². The largest absolute Gasteiger partial charge is 0.359 e. The molecule has 0 atom stereocenters. The van der Waals surface area contributed by atoms with Gasteiger partial charge in [0, 0.05) is 30.2 Å². The highest BCUT2D eigenvalue weighted by atomic mass is 79.9. The summed E-state index contributed by atoms with van der Waals surface area (Å²) < 4.78 is 0.448. The van der Waals surface area contributed by atoms with Crippen molar-refractivity contribution in [2.24, 2.45) is 5.41 Å². The monoisotopic (exact) mass is 357 g/mol. The summed E-state index contributed by atoms with van der Waals surface area (Å²) in [6.45, 7) is 3.49. The van der Waals surface area contributed by atoms with E-state index in [1.165, 1.54) is 25.2 Å². The third kappa shape index (κ3) is 4.25. The molecular formula is C13H16BrN3O4. The summed E-state index contributed by atoms with van der Waals surface area (Å²) in [4.78, 5) is 33.9. The minimum Gasteiger partial charge on any atom is -0.359 e. The molecular weight excluding hydrogens is 342 g/mol. The highest BCUT2D eigenvalue weighted by Crippen LogP contribution is 2.23. The Morgan fingerprint density at radius 2 is 2.00 bits per heavy atom. The maximum absolute atomic E-state index is 12.1. The van der Waals surface area contributed by atoms with E-state index < -0.39 is 16.2 Å². The maximum Gasteiger partial charge on any atom is 0.270 e. The molecule has 21 heavy (non-hydrogen) atoms. The summed E-state index contributed by atoms with van der Waals surface area (Å²) in [6, 6.07) is 3.93. The number of amides is 2. The molecule has 1 aromatic carbocycles. The Labute approximate surface area is 130 Å². The summed E-state index contributed by atoms with van der Waals surface area (Å²) in [6.07, 6.45) is 0. The fourth-order valence-electron chi connectivity index (χ4n) is 1.62. The molecule has 7 nitrogen and oxygen atoms in total. The number of nitrogens with one attached hydrogen (secondary N) is 2. The van der Waals surface area contributed by atoms with Crippen LogP contribution in [0.15, 0.2) is 22.7 Å². The van der Waals surface area contributed by atoms with E-state index in [-0.39, 0.29) is 23.7 Å². The van der Waals surface area contributed by atoms with Crippen molar-refractivity contribution in [2.45, 2.75) is 13.8 Å². The second-order valence-corrected chi connectivity index (χ2v) is 5.92. The molecule has 0 spiro atoms. The van der Waals surface area contributed by atoms with Gasteiger partial charge in [-0.1, -0.05) is 0 Å². The zero-order chi connectivity index (χ0) is 16.2. The SMILES string of the molecule is CNC(=O)C(C)(C)CNC(=O)c1cc([N+](=O)[O-])ccc1Br. The number of rotatable bonds is 5. The molecule has 0 saturated carbocycles. The van der Waals surface area contributed by atoms with Crippen LogP contribution < -0.4 is 10.6 Å². The van der Waals surface area contributed by atoms with Gasteiger partial charge in [-0.25, -0.2) is 0 Å². The van der Waals surface area contributed by atoms with Gasteiger partial charge in [-0.15, -0.1) is 0 Å². The normalized spacial score (nSPS) is 10.9. The standard InChI is InChI=1S/C13H16BrN3O4/c1-13(2,12(19)15-3)7-16-11(18)9-6-8(17(20)21)4-5-10(9)14/h4-6H,7H2,1-3H3,(H,15,19)(H,16,18). The molecule has 0 aromatic heterocycles. The Morgan fingerprint density at radius 1 is 1.38 bits per heavy atom. The highest BCUT2D eigenvalue weighted by molar-refractivity contribution is 9.10. The number of benzene rings is 1. The van der Waals surface area contributed by atoms with Crippen LogP contribution in [0.2, 0.25) is 0 Å². The van der Waals surface area contributed by atoms with E-state index in [2.05, 4.69) is 26.6 Å². The van der Waals surface area contributed by atoms with Gasteiger partial charge in [-0.2, -0.15) is 0 Å². The lowest BCUT2D eigenvalue weighted by molar-refractivity contribution is -0.384. The predicted octanol–water partition coefficient (Wildman–Crippen LogP) is 1.86. The Bertz CT molecular complexity index is 587. The van der Waals surface area contributed by atoms with Crippen molar-refractivity contribution in [3.63, 3.8) is 0 Å². The summed E-state index contributed by atoms with van der Waals surface area (Å²) in [7, 11) is 1.52. The van der Waals surface area contributed by atoms with Crippen molar-refractivity contribution in [3.05, 3.63) is 38.3 Å². The minimum atomic E-state index is -0.780. The van der Waals surface area contributed by atoms with Crippen LogP contribution in [0.5, 0.6) is 0 Å². The van der Waals surface area contributed by atoms with E-state index in [1.807, 2.05) is 0 Å². The van der Waals surface area contributed by atoms with E-state index in [4.69, 9.17) is 0 Å². The van der Waals surface area contributed by atoms with E-state index >= 15 is 0 Å². The van der Waals surface area contributed by atoms with Crippen LogP contribution in [0.4, 0.5) is 5.69 Å². The molecule has 0 aliphatic rings. The van der Waals surface area contributed by atoms with Crippen molar-refractivity contribution >= 4 is 33.4 Å². The lowest BCUT2D eigenvalue weighted by Gasteiger charge is -2.22. The van der Waals surface area contributed by atoms with Gasteiger partial charge in [0.15, 0.2) is 0 Å². The fraction of sp³-hybridized carbons (Fsp3) is 0.385. The van der Waals surface area contributed by atoms with Crippen molar-refractivity contribution in [1.29, 1.82) is 0 Å². The number of carbonyl (C=O) groups is 2. The van der Waals surface area contributed by atoms with E-state index in [0.29, 0.717) is 4.47 Å². The van der Waals surface area contributed by atoms with Crippen LogP contribution in [0.1, 0.15) is 24.2 Å². The third-order valence-corrected chi connectivity index (χ3v) is 3.63. The second-order valence-electron chi connectivity index (χ2n) is 5.07. The van der Waals surface area contributed by atoms with Gasteiger partial charge < -0.3 is 10.6 Å². The molecule has 0 fully saturated rings. The van der Waals surface area contributed by atoms with Crippen LogP contribution in [0, 0.1) is 15.5 Å². The van der Waals surface area contributed by atoms with Crippen molar-refractivity contribution in [3.8, 4) is 0 Å². The molecule has 0 radical (unpaired) electrons. The summed E-state index contributed by atoms with van der Waals surface area (Å²) in [5.41, 5.74) is -0.803. The van der Waals surface area contributed by atoms with Crippen LogP contribution in [0.25, 0.3) is 0 Å². The molecule has 2 N–H and O–H groups in total. The second kappa shape index (κ2) is 6.66. The van der Waals surface area contributed by atoms with Crippen molar-refractivity contribution in [1.82, 2.24) is 10.6 Å². The Balaban J connectivity index is 2.88. The molecule has 0 saturated heterocycles. The first-order chi connectivity index (χ1) is 9.69. The van der Waals surface area contributed by atoms with Crippen molar-refractivity contribution < 1.29 is 14.5 Å². The Hall–Kier alpha value is -1.96. The third-order valence-electron chi connectivity index (χ3n) is 2.94. The molecule has 0 unspecified atom stereocenters.